The van der Waals surface area contributed by atoms with Crippen molar-refractivity contribution >= 4 is 39.2 Å². The van der Waals surface area contributed by atoms with Crippen LogP contribution in [0.1, 0.15) is 12.0 Å². The fraction of sp³-hybridized carbons (Fsp3) is 0.235. The van der Waals surface area contributed by atoms with Crippen molar-refractivity contribution < 1.29 is 22.8 Å². The molecule has 0 saturated carbocycles. The third kappa shape index (κ3) is 4.04. The number of hydrogen-bond donors (Lipinski definition) is 1. The lowest BCUT2D eigenvalue weighted by atomic mass is 10.1. The number of aromatic nitrogens is 1. The van der Waals surface area contributed by atoms with Crippen LogP contribution in [-0.4, -0.2) is 23.3 Å². The maximum Gasteiger partial charge on any atom is 0.416 e. The molecule has 1 saturated heterocycles. The number of carbonyl (C=O) groups is 2. The van der Waals surface area contributed by atoms with Gasteiger partial charge in [-0.05, 0) is 46.3 Å². The molecule has 1 atom stereocenters. The molecule has 1 aromatic carbocycles. The first-order chi connectivity index (χ1) is 12.2. The Morgan fingerprint density at radius 2 is 2.04 bits per heavy atom. The number of halogens is 4. The number of anilines is 2. The van der Waals surface area contributed by atoms with Crippen molar-refractivity contribution in [3.05, 3.63) is 52.6 Å². The van der Waals surface area contributed by atoms with Crippen LogP contribution in [0.15, 0.2) is 47.1 Å². The van der Waals surface area contributed by atoms with Crippen molar-refractivity contribution in [2.45, 2.75) is 12.6 Å². The Morgan fingerprint density at radius 1 is 1.27 bits per heavy atom. The van der Waals surface area contributed by atoms with E-state index in [4.69, 9.17) is 0 Å². The molecular formula is C17H13BrF3N3O2. The average Bonchev–Trinajstić information content (AvgIpc) is 2.98. The van der Waals surface area contributed by atoms with Crippen LogP contribution in [0.2, 0.25) is 0 Å². The Hall–Kier alpha value is -2.42. The molecule has 0 spiro atoms. The zero-order valence-corrected chi connectivity index (χ0v) is 14.8. The SMILES string of the molecule is O=C(Nc1ccc(Br)cn1)C1CC(=O)N(c2cccc(C(F)(F)F)c2)C1. The maximum absolute atomic E-state index is 12.8. The minimum absolute atomic E-state index is 0.0164. The van der Waals surface area contributed by atoms with Crippen LogP contribution in [0, 0.1) is 5.92 Å². The Morgan fingerprint density at radius 3 is 2.69 bits per heavy atom. The summed E-state index contributed by atoms with van der Waals surface area (Å²) in [6.45, 7) is 0.0164. The molecule has 0 aliphatic carbocycles. The zero-order valence-electron chi connectivity index (χ0n) is 13.3. The Balaban J connectivity index is 1.72. The zero-order chi connectivity index (χ0) is 18.9. The number of hydrogen-bond acceptors (Lipinski definition) is 3. The molecule has 9 heteroatoms. The van der Waals surface area contributed by atoms with Gasteiger partial charge in [0, 0.05) is 29.3 Å². The van der Waals surface area contributed by atoms with Gasteiger partial charge in [0.2, 0.25) is 11.8 Å². The second-order valence-electron chi connectivity index (χ2n) is 5.80. The molecule has 5 nitrogen and oxygen atoms in total. The molecule has 3 rings (SSSR count). The van der Waals surface area contributed by atoms with Crippen LogP contribution in [0.5, 0.6) is 0 Å². The van der Waals surface area contributed by atoms with Crippen molar-refractivity contribution in [2.75, 3.05) is 16.8 Å². The van der Waals surface area contributed by atoms with Gasteiger partial charge in [0.15, 0.2) is 0 Å². The topological polar surface area (TPSA) is 62.3 Å². The molecule has 0 radical (unpaired) electrons. The average molecular weight is 428 g/mol. The number of benzene rings is 1. The van der Waals surface area contributed by atoms with Crippen LogP contribution in [0.3, 0.4) is 0 Å². The lowest BCUT2D eigenvalue weighted by molar-refractivity contribution is -0.137. The first-order valence-electron chi connectivity index (χ1n) is 7.64. The van der Waals surface area contributed by atoms with E-state index in [2.05, 4.69) is 26.2 Å². The van der Waals surface area contributed by atoms with E-state index in [1.165, 1.54) is 23.2 Å². The highest BCUT2D eigenvalue weighted by atomic mass is 79.9. The Kier molecular flexibility index (Phi) is 4.99. The van der Waals surface area contributed by atoms with Crippen LogP contribution in [-0.2, 0) is 15.8 Å². The van der Waals surface area contributed by atoms with Crippen molar-refractivity contribution in [3.8, 4) is 0 Å². The lowest BCUT2D eigenvalue weighted by Gasteiger charge is -2.18. The summed E-state index contributed by atoms with van der Waals surface area (Å²) in [5, 5.41) is 2.61. The number of alkyl halides is 3. The minimum Gasteiger partial charge on any atom is -0.312 e. The standard InChI is InChI=1S/C17H13BrF3N3O2/c18-12-4-5-14(22-8-12)23-16(26)10-6-15(25)24(9-10)13-3-1-2-11(7-13)17(19,20)21/h1-5,7-8,10H,6,9H2,(H,22,23,26). The number of carbonyl (C=O) groups excluding carboxylic acids is 2. The second-order valence-corrected chi connectivity index (χ2v) is 6.72. The van der Waals surface area contributed by atoms with Gasteiger partial charge in [0.1, 0.15) is 5.82 Å². The van der Waals surface area contributed by atoms with Gasteiger partial charge >= 0.3 is 6.18 Å². The molecule has 1 aliphatic rings. The van der Waals surface area contributed by atoms with Gasteiger partial charge in [-0.15, -0.1) is 0 Å². The number of amides is 2. The van der Waals surface area contributed by atoms with Gasteiger partial charge < -0.3 is 10.2 Å². The van der Waals surface area contributed by atoms with Gasteiger partial charge in [-0.3, -0.25) is 9.59 Å². The van der Waals surface area contributed by atoms with Crippen LogP contribution in [0.4, 0.5) is 24.7 Å². The van der Waals surface area contributed by atoms with E-state index in [0.717, 1.165) is 16.6 Å². The van der Waals surface area contributed by atoms with Gasteiger partial charge in [0.05, 0.1) is 11.5 Å². The van der Waals surface area contributed by atoms with Gasteiger partial charge in [-0.25, -0.2) is 4.98 Å². The molecule has 1 fully saturated rings. The number of nitrogens with zero attached hydrogens (tertiary/aromatic N) is 2. The molecule has 1 N–H and O–H groups in total. The molecule has 2 amide bonds. The molecule has 1 aromatic heterocycles. The van der Waals surface area contributed by atoms with E-state index in [1.54, 1.807) is 12.1 Å². The molecular weight excluding hydrogens is 415 g/mol. The van der Waals surface area contributed by atoms with Crippen molar-refractivity contribution in [3.63, 3.8) is 0 Å². The molecule has 2 heterocycles. The number of rotatable bonds is 3. The van der Waals surface area contributed by atoms with Crippen LogP contribution >= 0.6 is 15.9 Å². The normalized spacial score (nSPS) is 17.5. The maximum atomic E-state index is 12.8. The van der Waals surface area contributed by atoms with E-state index >= 15 is 0 Å². The van der Waals surface area contributed by atoms with Crippen LogP contribution in [0.25, 0.3) is 0 Å². The number of nitrogens with one attached hydrogen (secondary N) is 1. The Labute approximate surface area is 155 Å². The van der Waals surface area contributed by atoms with Crippen molar-refractivity contribution in [1.29, 1.82) is 0 Å². The first kappa shape index (κ1) is 18.4. The highest BCUT2D eigenvalue weighted by molar-refractivity contribution is 9.10. The highest BCUT2D eigenvalue weighted by Crippen LogP contribution is 2.33. The largest absolute Gasteiger partial charge is 0.416 e. The summed E-state index contributed by atoms with van der Waals surface area (Å²) < 4.78 is 39.3. The molecule has 1 aliphatic heterocycles. The molecule has 26 heavy (non-hydrogen) atoms. The predicted octanol–water partition coefficient (Wildman–Crippen LogP) is 3.85. The lowest BCUT2D eigenvalue weighted by Crippen LogP contribution is -2.28. The van der Waals surface area contributed by atoms with Gasteiger partial charge in [-0.1, -0.05) is 6.07 Å². The second kappa shape index (κ2) is 7.06. The summed E-state index contributed by atoms with van der Waals surface area (Å²) in [5.41, 5.74) is -0.711. The number of pyridine rings is 1. The summed E-state index contributed by atoms with van der Waals surface area (Å²) in [5.74, 6) is -1.12. The third-order valence-corrected chi connectivity index (χ3v) is 4.43. The summed E-state index contributed by atoms with van der Waals surface area (Å²) in [6.07, 6.45) is -3.05. The summed E-state index contributed by atoms with van der Waals surface area (Å²) in [7, 11) is 0. The summed E-state index contributed by atoms with van der Waals surface area (Å²) in [6, 6.07) is 7.82. The van der Waals surface area contributed by atoms with E-state index in [-0.39, 0.29) is 18.7 Å². The monoisotopic (exact) mass is 427 g/mol. The fourth-order valence-corrected chi connectivity index (χ4v) is 2.90. The van der Waals surface area contributed by atoms with E-state index < -0.39 is 29.5 Å². The van der Waals surface area contributed by atoms with E-state index in [1.807, 2.05) is 0 Å². The quantitative estimate of drug-likeness (QED) is 0.808. The van der Waals surface area contributed by atoms with Gasteiger partial charge in [-0.2, -0.15) is 13.2 Å². The molecule has 0 bridgehead atoms. The molecule has 1 unspecified atom stereocenters. The van der Waals surface area contributed by atoms with E-state index in [0.29, 0.717) is 5.82 Å². The summed E-state index contributed by atoms with van der Waals surface area (Å²) in [4.78, 5) is 29.7. The Bertz CT molecular complexity index is 840. The molecule has 136 valence electrons. The smallest absolute Gasteiger partial charge is 0.312 e. The third-order valence-electron chi connectivity index (χ3n) is 3.96. The van der Waals surface area contributed by atoms with Crippen molar-refractivity contribution in [2.24, 2.45) is 5.92 Å². The fourth-order valence-electron chi connectivity index (χ4n) is 2.66. The van der Waals surface area contributed by atoms with E-state index in [9.17, 15) is 22.8 Å². The summed E-state index contributed by atoms with van der Waals surface area (Å²) >= 11 is 3.23. The molecule has 2 aromatic rings. The minimum atomic E-state index is -4.50. The predicted molar refractivity (Wildman–Crippen MR) is 92.5 cm³/mol. The first-order valence-corrected chi connectivity index (χ1v) is 8.43. The van der Waals surface area contributed by atoms with Crippen molar-refractivity contribution in [1.82, 2.24) is 4.98 Å². The highest BCUT2D eigenvalue weighted by Gasteiger charge is 2.37. The van der Waals surface area contributed by atoms with Gasteiger partial charge in [0.25, 0.3) is 0 Å². The van der Waals surface area contributed by atoms with Crippen LogP contribution < -0.4 is 10.2 Å².